The van der Waals surface area contributed by atoms with Gasteiger partial charge in [-0.05, 0) is 24.3 Å². The van der Waals surface area contributed by atoms with Crippen LogP contribution in [0.2, 0.25) is 10.0 Å². The van der Waals surface area contributed by atoms with Crippen LogP contribution >= 0.6 is 23.2 Å². The maximum absolute atomic E-state index is 12.6. The van der Waals surface area contributed by atoms with Gasteiger partial charge in [-0.15, -0.1) is 0 Å². The first-order valence-corrected chi connectivity index (χ1v) is 9.21. The van der Waals surface area contributed by atoms with Gasteiger partial charge in [0.15, 0.2) is 0 Å². The van der Waals surface area contributed by atoms with E-state index in [2.05, 4.69) is 0 Å². The number of nitrogens with zero attached hydrogens (tertiary/aromatic N) is 1. The predicted octanol–water partition coefficient (Wildman–Crippen LogP) is 6.36. The smallest absolute Gasteiger partial charge is 0.203 e. The minimum absolute atomic E-state index is 0.0341. The fraction of sp³-hybridized carbons (Fsp3) is 0.0435. The number of hydrogen-bond acceptors (Lipinski definition) is 3. The monoisotopic (exact) mass is 407 g/mol. The first kappa shape index (κ1) is 19.7. The molecule has 0 fully saturated rings. The number of ether oxygens (including phenoxy) is 1. The molecule has 0 N–H and O–H groups in total. The van der Waals surface area contributed by atoms with Crippen molar-refractivity contribution >= 4 is 35.1 Å². The number of hydrogen-bond donors (Lipinski definition) is 0. The van der Waals surface area contributed by atoms with E-state index in [0.717, 1.165) is 5.56 Å². The summed E-state index contributed by atoms with van der Waals surface area (Å²) >= 11 is 12.1. The van der Waals surface area contributed by atoms with Gasteiger partial charge in [0.1, 0.15) is 24.0 Å². The number of carbonyl (C=O) groups is 1. The van der Waals surface area contributed by atoms with E-state index >= 15 is 0 Å². The molecule has 0 spiro atoms. The molecule has 3 aromatic carbocycles. The van der Waals surface area contributed by atoms with E-state index in [1.54, 1.807) is 54.6 Å². The van der Waals surface area contributed by atoms with E-state index in [0.29, 0.717) is 26.9 Å². The molecular formula is C23H15Cl2NO2. The van der Waals surface area contributed by atoms with Crippen molar-refractivity contribution in [2.75, 3.05) is 0 Å². The minimum Gasteiger partial charge on any atom is -0.488 e. The van der Waals surface area contributed by atoms with Crippen molar-refractivity contribution in [3.63, 3.8) is 0 Å². The highest BCUT2D eigenvalue weighted by atomic mass is 35.5. The highest BCUT2D eigenvalue weighted by molar-refractivity contribution is 6.35. The van der Waals surface area contributed by atoms with Gasteiger partial charge in [-0.1, -0.05) is 77.8 Å². The Kier molecular flexibility index (Phi) is 6.49. The Morgan fingerprint density at radius 3 is 2.43 bits per heavy atom. The Hall–Kier alpha value is -3.06. The summed E-state index contributed by atoms with van der Waals surface area (Å²) in [6.45, 7) is 0.232. The molecule has 28 heavy (non-hydrogen) atoms. The normalized spacial score (nSPS) is 11.0. The van der Waals surface area contributed by atoms with E-state index < -0.39 is 0 Å². The Labute approximate surface area is 173 Å². The molecule has 0 amide bonds. The van der Waals surface area contributed by atoms with Gasteiger partial charge >= 0.3 is 0 Å². The molecule has 0 unspecified atom stereocenters. The average molecular weight is 408 g/mol. The van der Waals surface area contributed by atoms with E-state index in [1.807, 2.05) is 24.3 Å². The number of rotatable bonds is 6. The van der Waals surface area contributed by atoms with E-state index in [1.165, 1.54) is 6.08 Å². The molecule has 3 nitrogen and oxygen atoms in total. The molecule has 0 saturated carbocycles. The van der Waals surface area contributed by atoms with Crippen molar-refractivity contribution in [3.05, 3.63) is 105 Å². The zero-order valence-corrected chi connectivity index (χ0v) is 16.2. The number of Topliss-reactive ketones (excluding diaryl/α,β-unsaturated/α-hetero) is 1. The summed E-state index contributed by atoms with van der Waals surface area (Å²) in [6.07, 6.45) is 1.54. The second kappa shape index (κ2) is 9.23. The molecule has 5 heteroatoms. The van der Waals surface area contributed by atoms with Crippen LogP contribution in [0.1, 0.15) is 21.5 Å². The molecule has 0 atom stereocenters. The van der Waals surface area contributed by atoms with Crippen LogP contribution in [0.4, 0.5) is 0 Å². The molecular weight excluding hydrogens is 393 g/mol. The van der Waals surface area contributed by atoms with Crippen LogP contribution in [-0.2, 0) is 6.61 Å². The maximum atomic E-state index is 12.6. The summed E-state index contributed by atoms with van der Waals surface area (Å²) < 4.78 is 5.88. The van der Waals surface area contributed by atoms with Crippen LogP contribution in [0.3, 0.4) is 0 Å². The van der Waals surface area contributed by atoms with Crippen LogP contribution < -0.4 is 4.74 Å². The molecule has 0 aromatic heterocycles. The average Bonchev–Trinajstić information content (AvgIpc) is 2.72. The third kappa shape index (κ3) is 4.80. The van der Waals surface area contributed by atoms with E-state index in [9.17, 15) is 10.1 Å². The Morgan fingerprint density at radius 2 is 1.71 bits per heavy atom. The number of allylic oxidation sites excluding steroid dienone is 1. The third-order valence-corrected chi connectivity index (χ3v) is 4.61. The fourth-order valence-electron chi connectivity index (χ4n) is 2.57. The van der Waals surface area contributed by atoms with Crippen LogP contribution in [0.5, 0.6) is 5.75 Å². The van der Waals surface area contributed by atoms with Gasteiger partial charge in [-0.2, -0.15) is 5.26 Å². The number of nitriles is 1. The quantitative estimate of drug-likeness (QED) is 0.271. The predicted molar refractivity (Wildman–Crippen MR) is 112 cm³/mol. The van der Waals surface area contributed by atoms with Crippen LogP contribution in [-0.4, -0.2) is 5.78 Å². The van der Waals surface area contributed by atoms with Crippen LogP contribution in [0.15, 0.2) is 78.4 Å². The molecule has 3 aromatic rings. The molecule has 0 aliphatic rings. The molecule has 0 bridgehead atoms. The van der Waals surface area contributed by atoms with Gasteiger partial charge in [-0.25, -0.2) is 0 Å². The Balaban J connectivity index is 1.85. The first-order chi connectivity index (χ1) is 13.6. The largest absolute Gasteiger partial charge is 0.488 e. The van der Waals surface area contributed by atoms with Crippen LogP contribution in [0, 0.1) is 11.3 Å². The van der Waals surface area contributed by atoms with Gasteiger partial charge in [0.25, 0.3) is 0 Å². The number of halogens is 2. The van der Waals surface area contributed by atoms with Crippen molar-refractivity contribution < 1.29 is 9.53 Å². The van der Waals surface area contributed by atoms with E-state index in [-0.39, 0.29) is 18.0 Å². The number of benzene rings is 3. The maximum Gasteiger partial charge on any atom is 0.203 e. The number of para-hydroxylation sites is 1. The van der Waals surface area contributed by atoms with Crippen LogP contribution in [0.25, 0.3) is 6.08 Å². The Morgan fingerprint density at radius 1 is 1.00 bits per heavy atom. The second-order valence-corrected chi connectivity index (χ2v) is 6.77. The van der Waals surface area contributed by atoms with Crippen molar-refractivity contribution in [2.24, 2.45) is 0 Å². The third-order valence-electron chi connectivity index (χ3n) is 4.02. The summed E-state index contributed by atoms with van der Waals surface area (Å²) in [5, 5.41) is 10.5. The molecule has 0 saturated heterocycles. The Bertz CT molecular complexity index is 1070. The van der Waals surface area contributed by atoms with Gasteiger partial charge < -0.3 is 4.74 Å². The summed E-state index contributed by atoms with van der Waals surface area (Å²) in [5.41, 5.74) is 1.91. The van der Waals surface area contributed by atoms with Gasteiger partial charge in [0.05, 0.1) is 0 Å². The minimum atomic E-state index is -0.335. The van der Waals surface area contributed by atoms with Crippen molar-refractivity contribution in [1.29, 1.82) is 5.26 Å². The van der Waals surface area contributed by atoms with Crippen molar-refractivity contribution in [2.45, 2.75) is 6.61 Å². The molecule has 0 aliphatic heterocycles. The summed E-state index contributed by atoms with van der Waals surface area (Å²) in [4.78, 5) is 12.6. The number of ketones is 1. The zero-order valence-electron chi connectivity index (χ0n) is 14.7. The first-order valence-electron chi connectivity index (χ1n) is 8.46. The zero-order chi connectivity index (χ0) is 19.9. The molecule has 0 aliphatic carbocycles. The summed E-state index contributed by atoms with van der Waals surface area (Å²) in [6, 6.07) is 23.1. The van der Waals surface area contributed by atoms with Gasteiger partial charge in [0.2, 0.25) is 5.78 Å². The van der Waals surface area contributed by atoms with Gasteiger partial charge in [-0.3, -0.25) is 4.79 Å². The van der Waals surface area contributed by atoms with Crippen molar-refractivity contribution in [1.82, 2.24) is 0 Å². The molecule has 138 valence electrons. The standard InChI is InChI=1S/C23H15Cl2NO2/c24-20-11-10-18(21(25)13-20)15-28-22-9-5-4-8-17(22)12-19(14-26)23(27)16-6-2-1-3-7-16/h1-13H,15H2/b19-12+. The lowest BCUT2D eigenvalue weighted by atomic mass is 10.0. The highest BCUT2D eigenvalue weighted by Gasteiger charge is 2.13. The number of carbonyl (C=O) groups excluding carboxylic acids is 1. The molecule has 3 rings (SSSR count). The molecule has 0 heterocycles. The lowest BCUT2D eigenvalue weighted by Crippen LogP contribution is -2.02. The topological polar surface area (TPSA) is 50.1 Å². The van der Waals surface area contributed by atoms with E-state index in [4.69, 9.17) is 27.9 Å². The van der Waals surface area contributed by atoms with Crippen molar-refractivity contribution in [3.8, 4) is 11.8 Å². The summed E-state index contributed by atoms with van der Waals surface area (Å²) in [7, 11) is 0. The fourth-order valence-corrected chi connectivity index (χ4v) is 3.04. The second-order valence-electron chi connectivity index (χ2n) is 5.93. The SMILES string of the molecule is N#C/C(=C\c1ccccc1OCc1ccc(Cl)cc1Cl)C(=O)c1ccccc1. The summed E-state index contributed by atoms with van der Waals surface area (Å²) in [5.74, 6) is 0.209. The van der Waals surface area contributed by atoms with Gasteiger partial charge in [0, 0.05) is 26.7 Å². The lowest BCUT2D eigenvalue weighted by Gasteiger charge is -2.11. The molecule has 0 radical (unpaired) electrons. The highest BCUT2D eigenvalue weighted by Crippen LogP contribution is 2.26. The lowest BCUT2D eigenvalue weighted by molar-refractivity contribution is 0.104.